The Hall–Kier alpha value is -2.28. The van der Waals surface area contributed by atoms with Crippen LogP contribution in [0, 0.1) is 0 Å². The van der Waals surface area contributed by atoms with Crippen LogP contribution in [0.2, 0.25) is 10.0 Å². The largest absolute Gasteiger partial charge is 0.343 e. The second-order valence-corrected chi connectivity index (χ2v) is 8.85. The van der Waals surface area contributed by atoms with Crippen molar-refractivity contribution in [3.63, 3.8) is 0 Å². The number of ketones is 1. The number of Topliss-reactive ketones (excluding diaryl/α,β-unsaturated/α-hetero) is 1. The number of carbonyl (C=O) groups excluding carboxylic acids is 1. The first kappa shape index (κ1) is 17.8. The number of benzene rings is 1. The zero-order valence-corrected chi connectivity index (χ0v) is 16.8. The minimum absolute atomic E-state index is 0.0365. The lowest BCUT2D eigenvalue weighted by Crippen LogP contribution is -2.31. The quantitative estimate of drug-likeness (QED) is 0.532. The number of aromatic nitrogens is 2. The molecule has 8 heteroatoms. The van der Waals surface area contributed by atoms with Crippen LogP contribution in [0.1, 0.15) is 40.7 Å². The van der Waals surface area contributed by atoms with Gasteiger partial charge in [-0.05, 0) is 35.6 Å². The lowest BCUT2D eigenvalue weighted by atomic mass is 9.74. The number of thiophene rings is 1. The molecule has 5 rings (SSSR count). The van der Waals surface area contributed by atoms with Gasteiger partial charge in [-0.25, -0.2) is 0 Å². The minimum Gasteiger partial charge on any atom is -0.343 e. The van der Waals surface area contributed by atoms with Crippen LogP contribution < -0.4 is 10.9 Å². The van der Waals surface area contributed by atoms with Crippen molar-refractivity contribution < 1.29 is 4.79 Å². The highest BCUT2D eigenvalue weighted by Gasteiger charge is 2.41. The van der Waals surface area contributed by atoms with Crippen LogP contribution in [0.15, 0.2) is 51.8 Å². The van der Waals surface area contributed by atoms with Gasteiger partial charge in [-0.2, -0.15) is 0 Å². The Kier molecular flexibility index (Phi) is 4.23. The fourth-order valence-electron chi connectivity index (χ4n) is 4.19. The molecule has 2 aromatic heterocycles. The van der Waals surface area contributed by atoms with Crippen LogP contribution in [0.4, 0.5) is 5.82 Å². The zero-order valence-electron chi connectivity index (χ0n) is 14.5. The molecule has 0 spiro atoms. The molecule has 2 aliphatic rings. The summed E-state index contributed by atoms with van der Waals surface area (Å²) < 4.78 is 0. The van der Waals surface area contributed by atoms with Gasteiger partial charge in [-0.3, -0.25) is 19.8 Å². The highest BCUT2D eigenvalue weighted by molar-refractivity contribution is 7.10. The number of hydrogen-bond donors (Lipinski definition) is 3. The van der Waals surface area contributed by atoms with E-state index >= 15 is 0 Å². The van der Waals surface area contributed by atoms with Gasteiger partial charge < -0.3 is 5.32 Å². The molecule has 2 unspecified atom stereocenters. The monoisotopic (exact) mass is 431 g/mol. The summed E-state index contributed by atoms with van der Waals surface area (Å²) in [7, 11) is 0. The number of H-pyrrole nitrogens is 2. The number of hydrogen-bond acceptors (Lipinski definition) is 4. The first-order valence-corrected chi connectivity index (χ1v) is 10.5. The number of fused-ring (bicyclic) bond motifs is 1. The molecule has 142 valence electrons. The van der Waals surface area contributed by atoms with Crippen molar-refractivity contribution in [2.45, 2.75) is 24.7 Å². The maximum Gasteiger partial charge on any atom is 0.270 e. The molecule has 28 heavy (non-hydrogen) atoms. The van der Waals surface area contributed by atoms with E-state index in [1.807, 2.05) is 11.4 Å². The van der Waals surface area contributed by atoms with Gasteiger partial charge in [0.15, 0.2) is 5.78 Å². The van der Waals surface area contributed by atoms with E-state index in [1.54, 1.807) is 29.5 Å². The number of nitrogens with one attached hydrogen (secondary N) is 3. The first-order chi connectivity index (χ1) is 13.5. The second-order valence-electron chi connectivity index (χ2n) is 7.03. The maximum absolute atomic E-state index is 13.3. The minimum atomic E-state index is -0.525. The third kappa shape index (κ3) is 2.75. The van der Waals surface area contributed by atoms with E-state index in [0.29, 0.717) is 45.4 Å². The highest BCUT2D eigenvalue weighted by atomic mass is 35.5. The van der Waals surface area contributed by atoms with Crippen molar-refractivity contribution in [3.05, 3.63) is 83.4 Å². The molecule has 0 saturated carbocycles. The molecule has 0 saturated heterocycles. The van der Waals surface area contributed by atoms with E-state index in [9.17, 15) is 9.59 Å². The predicted octanol–water partition coefficient (Wildman–Crippen LogP) is 5.03. The van der Waals surface area contributed by atoms with Gasteiger partial charge in [0.1, 0.15) is 5.82 Å². The summed E-state index contributed by atoms with van der Waals surface area (Å²) in [6, 6.07) is 9.23. The Balaban J connectivity index is 1.68. The molecule has 5 nitrogen and oxygen atoms in total. The molecule has 0 fully saturated rings. The zero-order chi connectivity index (χ0) is 19.4. The van der Waals surface area contributed by atoms with Crippen molar-refractivity contribution in [1.29, 1.82) is 0 Å². The van der Waals surface area contributed by atoms with Gasteiger partial charge in [0, 0.05) is 44.4 Å². The molecule has 3 aromatic rings. The van der Waals surface area contributed by atoms with E-state index in [4.69, 9.17) is 23.2 Å². The van der Waals surface area contributed by atoms with E-state index in [1.165, 1.54) is 4.88 Å². The predicted molar refractivity (Wildman–Crippen MR) is 112 cm³/mol. The Bertz CT molecular complexity index is 1180. The normalized spacial score (nSPS) is 21.3. The molecule has 3 N–H and O–H groups in total. The van der Waals surface area contributed by atoms with Crippen molar-refractivity contribution in [2.75, 3.05) is 5.32 Å². The molecule has 1 aliphatic carbocycles. The fraction of sp³-hybridized carbons (Fsp3) is 0.200. The second kappa shape index (κ2) is 6.65. The van der Waals surface area contributed by atoms with E-state index in [0.717, 1.165) is 5.70 Å². The lowest BCUT2D eigenvalue weighted by Gasteiger charge is -2.34. The van der Waals surface area contributed by atoms with Crippen LogP contribution in [-0.2, 0) is 4.79 Å². The summed E-state index contributed by atoms with van der Waals surface area (Å²) >= 11 is 14.2. The molecule has 3 heterocycles. The smallest absolute Gasteiger partial charge is 0.270 e. The van der Waals surface area contributed by atoms with Crippen molar-refractivity contribution in [1.82, 2.24) is 10.2 Å². The Morgan fingerprint density at radius 3 is 2.68 bits per heavy atom. The number of carbonyl (C=O) groups is 1. The van der Waals surface area contributed by atoms with E-state index in [2.05, 4.69) is 21.6 Å². The van der Waals surface area contributed by atoms with Gasteiger partial charge in [0.2, 0.25) is 0 Å². The summed E-state index contributed by atoms with van der Waals surface area (Å²) in [6.07, 6.45) is 1.12. The fourth-order valence-corrected chi connectivity index (χ4v) is 5.54. The average molecular weight is 432 g/mol. The van der Waals surface area contributed by atoms with E-state index < -0.39 is 5.92 Å². The van der Waals surface area contributed by atoms with Gasteiger partial charge in [-0.15, -0.1) is 11.3 Å². The number of halogens is 2. The summed E-state index contributed by atoms with van der Waals surface area (Å²) in [4.78, 5) is 27.0. The molecule has 0 radical (unpaired) electrons. The summed E-state index contributed by atoms with van der Waals surface area (Å²) in [6.45, 7) is 0. The van der Waals surface area contributed by atoms with Gasteiger partial charge in [0.25, 0.3) is 5.56 Å². The average Bonchev–Trinajstić information content (AvgIpc) is 3.31. The first-order valence-electron chi connectivity index (χ1n) is 8.85. The molecule has 1 aliphatic heterocycles. The van der Waals surface area contributed by atoms with Gasteiger partial charge >= 0.3 is 0 Å². The number of allylic oxidation sites excluding steroid dienone is 2. The standard InChI is InChI=1S/C20H15Cl2N3O2S/c21-10-3-4-11(12(22)8-10)16-17-13(23-19-18(16)20(27)25-24-19)6-9(7-14(17)26)15-2-1-5-28-15/h1-5,8-9,16H,6-7H2,(H3,23,24,25,27). The van der Waals surface area contributed by atoms with Crippen LogP contribution >= 0.6 is 34.5 Å². The van der Waals surface area contributed by atoms with Crippen molar-refractivity contribution >= 4 is 46.1 Å². The van der Waals surface area contributed by atoms with Crippen LogP contribution in [0.25, 0.3) is 0 Å². The molecular weight excluding hydrogens is 417 g/mol. The van der Waals surface area contributed by atoms with Gasteiger partial charge in [-0.1, -0.05) is 35.3 Å². The van der Waals surface area contributed by atoms with E-state index in [-0.39, 0.29) is 17.3 Å². The number of anilines is 1. The molecule has 0 bridgehead atoms. The Morgan fingerprint density at radius 2 is 1.93 bits per heavy atom. The van der Waals surface area contributed by atoms with Crippen molar-refractivity contribution in [2.24, 2.45) is 0 Å². The summed E-state index contributed by atoms with van der Waals surface area (Å²) in [5.41, 5.74) is 2.38. The van der Waals surface area contributed by atoms with Gasteiger partial charge in [0.05, 0.1) is 5.56 Å². The van der Waals surface area contributed by atoms with Crippen LogP contribution in [-0.4, -0.2) is 16.0 Å². The Morgan fingerprint density at radius 1 is 1.07 bits per heavy atom. The third-order valence-corrected chi connectivity index (χ3v) is 6.99. The third-order valence-electron chi connectivity index (χ3n) is 5.40. The summed E-state index contributed by atoms with van der Waals surface area (Å²) in [5, 5.41) is 11.8. The Labute approximate surface area is 174 Å². The molecule has 2 atom stereocenters. The van der Waals surface area contributed by atoms with Crippen molar-refractivity contribution in [3.8, 4) is 0 Å². The number of rotatable bonds is 2. The van der Waals surface area contributed by atoms with Crippen LogP contribution in [0.5, 0.6) is 0 Å². The highest BCUT2D eigenvalue weighted by Crippen LogP contribution is 2.48. The SMILES string of the molecule is O=C1CC(c2cccs2)CC2=C1C(c1ccc(Cl)cc1Cl)c1c([nH][nH]c1=O)N2. The maximum atomic E-state index is 13.3. The lowest BCUT2D eigenvalue weighted by molar-refractivity contribution is -0.116. The number of aromatic amines is 2. The molecule has 1 aromatic carbocycles. The summed E-state index contributed by atoms with van der Waals surface area (Å²) in [5.74, 6) is 0.226. The molecule has 0 amide bonds. The topological polar surface area (TPSA) is 77.8 Å². The molecular formula is C20H15Cl2N3O2S. The van der Waals surface area contributed by atoms with Crippen LogP contribution in [0.3, 0.4) is 0 Å².